The number of carbonyl (C=O) groups is 1. The Morgan fingerprint density at radius 1 is 1.16 bits per heavy atom. The van der Waals surface area contributed by atoms with Gasteiger partial charge in [-0.25, -0.2) is 13.2 Å². The van der Waals surface area contributed by atoms with Crippen LogP contribution in [0, 0.1) is 0 Å². The fourth-order valence-corrected chi connectivity index (χ4v) is 6.51. The fourth-order valence-electron chi connectivity index (χ4n) is 4.67. The van der Waals surface area contributed by atoms with Gasteiger partial charge >= 0.3 is 5.97 Å². The molecule has 0 amide bonds. The maximum absolute atomic E-state index is 13.4. The quantitative estimate of drug-likeness (QED) is 0.722. The van der Waals surface area contributed by atoms with E-state index in [2.05, 4.69) is 0 Å². The summed E-state index contributed by atoms with van der Waals surface area (Å²) >= 11 is 6.50. The summed E-state index contributed by atoms with van der Waals surface area (Å²) < 4.78 is 34.3. The minimum atomic E-state index is -3.83. The largest absolute Gasteiger partial charge is 0.489 e. The second-order valence-electron chi connectivity index (χ2n) is 8.56. The van der Waals surface area contributed by atoms with Crippen molar-refractivity contribution < 1.29 is 23.1 Å². The van der Waals surface area contributed by atoms with E-state index < -0.39 is 32.2 Å². The predicted octanol–water partition coefficient (Wildman–Crippen LogP) is 4.37. The van der Waals surface area contributed by atoms with Crippen LogP contribution in [0.4, 0.5) is 0 Å². The standard InChI is InChI=1S/C22H22ClNO6S/c1-11-14-8-16(22(26)27)21(25)24(12-6-7-12)20(14)15-9-17(23)18(10-19(15)31(11,28)29)30-13-4-2-3-5-13/h8-13H,2-7H2,1H3,(H,26,27). The van der Waals surface area contributed by atoms with Gasteiger partial charge in [-0.2, -0.15) is 0 Å². The summed E-state index contributed by atoms with van der Waals surface area (Å²) in [5.74, 6) is -1.04. The molecule has 2 heterocycles. The third kappa shape index (κ3) is 3.19. The number of aromatic carboxylic acids is 1. The molecule has 3 aliphatic rings. The molecular weight excluding hydrogens is 442 g/mol. The maximum Gasteiger partial charge on any atom is 0.341 e. The van der Waals surface area contributed by atoms with Gasteiger partial charge in [-0.05, 0) is 63.1 Å². The molecule has 7 nitrogen and oxygen atoms in total. The van der Waals surface area contributed by atoms with Crippen molar-refractivity contribution in [2.24, 2.45) is 0 Å². The predicted molar refractivity (Wildman–Crippen MR) is 115 cm³/mol. The Kier molecular flexibility index (Phi) is 4.71. The van der Waals surface area contributed by atoms with Crippen molar-refractivity contribution >= 4 is 27.4 Å². The molecule has 1 N–H and O–H groups in total. The van der Waals surface area contributed by atoms with Crippen molar-refractivity contribution in [1.82, 2.24) is 4.57 Å². The first kappa shape index (κ1) is 20.6. The van der Waals surface area contributed by atoms with E-state index in [1.54, 1.807) is 6.07 Å². The number of hydrogen-bond donors (Lipinski definition) is 1. The summed E-state index contributed by atoms with van der Waals surface area (Å²) in [5, 5.41) is 8.80. The van der Waals surface area contributed by atoms with Crippen LogP contribution in [0.2, 0.25) is 5.02 Å². The van der Waals surface area contributed by atoms with Gasteiger partial charge in [0.2, 0.25) is 0 Å². The normalized spacial score (nSPS) is 22.1. The van der Waals surface area contributed by atoms with Crippen molar-refractivity contribution in [2.75, 3.05) is 0 Å². The molecule has 2 saturated carbocycles. The fraction of sp³-hybridized carbons (Fsp3) is 0.455. The van der Waals surface area contributed by atoms with Crippen molar-refractivity contribution in [3.8, 4) is 17.0 Å². The lowest BCUT2D eigenvalue weighted by Gasteiger charge is -2.29. The van der Waals surface area contributed by atoms with Crippen LogP contribution in [0.25, 0.3) is 11.3 Å². The number of pyridine rings is 1. The summed E-state index contributed by atoms with van der Waals surface area (Å²) in [4.78, 5) is 24.7. The van der Waals surface area contributed by atoms with Crippen LogP contribution in [0.5, 0.6) is 5.75 Å². The molecule has 2 aliphatic carbocycles. The van der Waals surface area contributed by atoms with E-state index in [1.807, 2.05) is 0 Å². The maximum atomic E-state index is 13.4. The molecular formula is C22H22ClNO6S. The third-order valence-electron chi connectivity index (χ3n) is 6.50. The van der Waals surface area contributed by atoms with Crippen LogP contribution in [-0.2, 0) is 9.84 Å². The average Bonchev–Trinajstić information content (AvgIpc) is 3.42. The Balaban J connectivity index is 1.78. The highest BCUT2D eigenvalue weighted by molar-refractivity contribution is 7.92. The lowest BCUT2D eigenvalue weighted by molar-refractivity contribution is 0.0694. The second-order valence-corrected chi connectivity index (χ2v) is 11.2. The smallest absolute Gasteiger partial charge is 0.341 e. The minimum Gasteiger partial charge on any atom is -0.489 e. The van der Waals surface area contributed by atoms with Crippen LogP contribution in [0.1, 0.15) is 72.7 Å². The molecule has 0 radical (unpaired) electrons. The number of nitrogens with zero attached hydrogens (tertiary/aromatic N) is 1. The molecule has 1 aromatic carbocycles. The van der Waals surface area contributed by atoms with Gasteiger partial charge in [0, 0.05) is 17.7 Å². The molecule has 0 spiro atoms. The van der Waals surface area contributed by atoms with Gasteiger partial charge in [0.1, 0.15) is 11.3 Å². The summed E-state index contributed by atoms with van der Waals surface area (Å²) in [6.45, 7) is 1.52. The highest BCUT2D eigenvalue weighted by atomic mass is 35.5. The summed E-state index contributed by atoms with van der Waals surface area (Å²) in [6.07, 6.45) is 5.42. The van der Waals surface area contributed by atoms with Gasteiger partial charge in [0.05, 0.1) is 27.0 Å². The van der Waals surface area contributed by atoms with Crippen LogP contribution in [0.3, 0.4) is 0 Å². The molecule has 164 valence electrons. The summed E-state index contributed by atoms with van der Waals surface area (Å²) in [7, 11) is -3.83. The van der Waals surface area contributed by atoms with E-state index >= 15 is 0 Å². The molecule has 1 atom stereocenters. The number of rotatable bonds is 4. The highest BCUT2D eigenvalue weighted by Gasteiger charge is 2.41. The van der Waals surface area contributed by atoms with Gasteiger partial charge in [-0.3, -0.25) is 4.79 Å². The first-order valence-corrected chi connectivity index (χ1v) is 12.4. The van der Waals surface area contributed by atoms with Gasteiger partial charge < -0.3 is 14.4 Å². The zero-order valence-corrected chi connectivity index (χ0v) is 18.5. The monoisotopic (exact) mass is 463 g/mol. The van der Waals surface area contributed by atoms with Crippen LogP contribution < -0.4 is 10.3 Å². The number of aromatic nitrogens is 1. The van der Waals surface area contributed by atoms with Crippen LogP contribution in [-0.4, -0.2) is 30.2 Å². The molecule has 0 bridgehead atoms. The number of sulfone groups is 1. The van der Waals surface area contributed by atoms with Crippen LogP contribution in [0.15, 0.2) is 27.9 Å². The molecule has 5 rings (SSSR count). The van der Waals surface area contributed by atoms with Gasteiger partial charge in [-0.1, -0.05) is 11.6 Å². The van der Waals surface area contributed by atoms with Crippen molar-refractivity contribution in [1.29, 1.82) is 0 Å². The molecule has 0 saturated heterocycles. The number of carboxylic acid groups (broad SMARTS) is 1. The number of benzene rings is 1. The molecule has 1 aliphatic heterocycles. The Morgan fingerprint density at radius 3 is 2.45 bits per heavy atom. The van der Waals surface area contributed by atoms with Gasteiger partial charge in [0.15, 0.2) is 9.84 Å². The lowest BCUT2D eigenvalue weighted by atomic mass is 9.99. The lowest BCUT2D eigenvalue weighted by Crippen LogP contribution is -2.31. The average molecular weight is 464 g/mol. The third-order valence-corrected chi connectivity index (χ3v) is 8.93. The molecule has 9 heteroatoms. The number of fused-ring (bicyclic) bond motifs is 3. The molecule has 1 unspecified atom stereocenters. The number of halogens is 1. The minimum absolute atomic E-state index is 0.00863. The first-order valence-electron chi connectivity index (χ1n) is 10.5. The Hall–Kier alpha value is -2.32. The van der Waals surface area contributed by atoms with Gasteiger partial charge in [-0.15, -0.1) is 0 Å². The van der Waals surface area contributed by atoms with E-state index in [-0.39, 0.29) is 22.1 Å². The van der Waals surface area contributed by atoms with E-state index in [9.17, 15) is 23.1 Å². The number of carboxylic acids is 1. The molecule has 1 aromatic heterocycles. The zero-order chi connectivity index (χ0) is 22.1. The number of hydrogen-bond acceptors (Lipinski definition) is 5. The summed E-state index contributed by atoms with van der Waals surface area (Å²) in [5.41, 5.74) is 0.0657. The van der Waals surface area contributed by atoms with E-state index in [1.165, 1.54) is 23.6 Å². The van der Waals surface area contributed by atoms with Crippen molar-refractivity contribution in [2.45, 2.75) is 67.7 Å². The second kappa shape index (κ2) is 7.10. The Bertz CT molecular complexity index is 1270. The number of ether oxygens (including phenoxy) is 1. The Labute approximate surface area is 184 Å². The molecule has 2 fully saturated rings. The van der Waals surface area contributed by atoms with Crippen molar-refractivity contribution in [3.05, 3.63) is 44.7 Å². The van der Waals surface area contributed by atoms with E-state index in [0.29, 0.717) is 22.6 Å². The van der Waals surface area contributed by atoms with E-state index in [4.69, 9.17) is 16.3 Å². The SMILES string of the molecule is CC1c2cc(C(=O)O)c(=O)n(C3CC3)c2-c2cc(Cl)c(OC3CCCC3)cc2S1(=O)=O. The topological polar surface area (TPSA) is 103 Å². The molecule has 31 heavy (non-hydrogen) atoms. The van der Waals surface area contributed by atoms with E-state index in [0.717, 1.165) is 38.5 Å². The zero-order valence-electron chi connectivity index (χ0n) is 16.9. The Morgan fingerprint density at radius 2 is 1.84 bits per heavy atom. The van der Waals surface area contributed by atoms with Crippen LogP contribution >= 0.6 is 11.6 Å². The summed E-state index contributed by atoms with van der Waals surface area (Å²) in [6, 6.07) is 4.08. The van der Waals surface area contributed by atoms with Gasteiger partial charge in [0.25, 0.3) is 5.56 Å². The highest BCUT2D eigenvalue weighted by Crippen LogP contribution is 2.50. The molecule has 2 aromatic rings. The van der Waals surface area contributed by atoms with Crippen molar-refractivity contribution in [3.63, 3.8) is 0 Å². The first-order chi connectivity index (χ1) is 14.7.